The largest absolute Gasteiger partial charge is 0.479 e. The number of hydrogen-bond acceptors (Lipinski definition) is 20. The van der Waals surface area contributed by atoms with Gasteiger partial charge >= 0.3 is 27.3 Å². The minimum Gasteiger partial charge on any atom is -0.479 e. The van der Waals surface area contributed by atoms with Crippen LogP contribution >= 0.6 is 15.6 Å². The molecule has 0 aromatic carbocycles. The van der Waals surface area contributed by atoms with Gasteiger partial charge in [0, 0.05) is 25.9 Å². The number of fused-ring (bicyclic) bond motifs is 1. The zero-order valence-corrected chi connectivity index (χ0v) is 35.2. The number of phosphoric ester groups is 2. The highest BCUT2D eigenvalue weighted by Gasteiger charge is 2.63. The Morgan fingerprint density at radius 1 is 1.05 bits per heavy atom. The maximum atomic E-state index is 14.0. The Morgan fingerprint density at radius 2 is 1.75 bits per heavy atom. The minimum absolute atomic E-state index is 0.0111. The molecule has 2 aliphatic heterocycles. The van der Waals surface area contributed by atoms with E-state index in [9.17, 15) is 57.9 Å². The SMILES string of the molecule is C=CCCC(=O)N(C)[C@](COCc1cncc(F)c1)(C(=O)O)C1C(COP(=O)(O)O[C@H]2[C@@H](O)[C@H](n3ccc(N)nc3=O)O[C@@H]2COP(=O)(O)O)OC(n2cnc3c(N)ncnc32)C1O. The number of phosphoric acid groups is 2. The molecular formula is C34H43FN10O17P2. The highest BCUT2D eigenvalue weighted by molar-refractivity contribution is 7.47. The molecule has 27 nitrogen and oxygen atoms in total. The molecular weight excluding hydrogens is 901 g/mol. The van der Waals surface area contributed by atoms with Crippen molar-refractivity contribution in [3.63, 3.8) is 0 Å². The number of pyridine rings is 1. The number of aliphatic hydroxyl groups excluding tert-OH is 2. The molecule has 5 unspecified atom stereocenters. The van der Waals surface area contributed by atoms with Crippen LogP contribution in [0.2, 0.25) is 0 Å². The zero-order valence-electron chi connectivity index (χ0n) is 33.4. The highest BCUT2D eigenvalue weighted by Crippen LogP contribution is 2.51. The second kappa shape index (κ2) is 19.5. The number of carbonyl (C=O) groups is 2. The molecule has 0 aliphatic carbocycles. The molecule has 6 rings (SSSR count). The number of rotatable bonds is 20. The molecule has 0 saturated carbocycles. The summed E-state index contributed by atoms with van der Waals surface area (Å²) in [5.74, 6) is -5.46. The smallest absolute Gasteiger partial charge is 0.472 e. The number of aromatic nitrogens is 7. The number of imidazole rings is 1. The van der Waals surface area contributed by atoms with E-state index in [4.69, 9.17) is 34.7 Å². The van der Waals surface area contributed by atoms with E-state index in [0.29, 0.717) is 4.57 Å². The predicted octanol–water partition coefficient (Wildman–Crippen LogP) is -1.01. The summed E-state index contributed by atoms with van der Waals surface area (Å²) in [4.78, 5) is 90.3. The van der Waals surface area contributed by atoms with Gasteiger partial charge in [0.1, 0.15) is 47.9 Å². The van der Waals surface area contributed by atoms with Crippen molar-refractivity contribution in [1.82, 2.24) is 39.0 Å². The maximum absolute atomic E-state index is 14.0. The zero-order chi connectivity index (χ0) is 46.7. The van der Waals surface area contributed by atoms with Gasteiger partial charge in [-0.05, 0) is 24.1 Å². The lowest BCUT2D eigenvalue weighted by atomic mass is 9.76. The minimum atomic E-state index is -5.59. The molecule has 0 spiro atoms. The van der Waals surface area contributed by atoms with E-state index >= 15 is 0 Å². The molecule has 2 saturated heterocycles. The first-order valence-electron chi connectivity index (χ1n) is 18.8. The van der Waals surface area contributed by atoms with Crippen LogP contribution in [0.3, 0.4) is 0 Å². The molecule has 2 aliphatic rings. The first-order valence-corrected chi connectivity index (χ1v) is 21.8. The number of aliphatic carboxylic acids is 1. The van der Waals surface area contributed by atoms with Crippen LogP contribution in [-0.2, 0) is 53.1 Å². The van der Waals surface area contributed by atoms with Crippen molar-refractivity contribution in [3.8, 4) is 0 Å². The second-order valence-corrected chi connectivity index (χ2v) is 17.0. The van der Waals surface area contributed by atoms with E-state index in [-0.39, 0.29) is 41.2 Å². The number of carboxylic acids is 1. The van der Waals surface area contributed by atoms with Crippen LogP contribution in [0.5, 0.6) is 0 Å². The lowest BCUT2D eigenvalue weighted by Crippen LogP contribution is -2.67. The molecule has 0 bridgehead atoms. The van der Waals surface area contributed by atoms with Crippen LogP contribution in [-0.4, -0.2) is 144 Å². The summed E-state index contributed by atoms with van der Waals surface area (Å²) in [5, 5.41) is 34.6. The number of carbonyl (C=O) groups excluding carboxylic acids is 1. The molecule has 4 aromatic rings. The van der Waals surface area contributed by atoms with Crippen LogP contribution in [0.1, 0.15) is 30.9 Å². The Morgan fingerprint density at radius 3 is 2.42 bits per heavy atom. The van der Waals surface area contributed by atoms with Crippen LogP contribution in [0.15, 0.2) is 60.8 Å². The number of nitrogens with two attached hydrogens (primary N) is 2. The van der Waals surface area contributed by atoms with Gasteiger partial charge in [-0.15, -0.1) is 6.58 Å². The summed E-state index contributed by atoms with van der Waals surface area (Å²) in [6.45, 7) is -0.00261. The molecule has 10 N–H and O–H groups in total. The molecule has 30 heteroatoms. The van der Waals surface area contributed by atoms with Crippen molar-refractivity contribution in [2.45, 2.75) is 68.0 Å². The number of ether oxygens (including phenoxy) is 3. The van der Waals surface area contributed by atoms with Gasteiger partial charge < -0.3 is 60.6 Å². The van der Waals surface area contributed by atoms with Crippen LogP contribution in [0.4, 0.5) is 16.0 Å². The summed E-state index contributed by atoms with van der Waals surface area (Å²) in [6, 6.07) is 2.21. The Balaban J connectivity index is 1.37. The summed E-state index contributed by atoms with van der Waals surface area (Å²) in [6.07, 6.45) is -6.47. The van der Waals surface area contributed by atoms with E-state index in [2.05, 4.69) is 36.0 Å². The fourth-order valence-electron chi connectivity index (χ4n) is 7.36. The third-order valence-corrected chi connectivity index (χ3v) is 11.8. The third-order valence-electron chi connectivity index (χ3n) is 10.3. The lowest BCUT2D eigenvalue weighted by molar-refractivity contribution is -0.174. The van der Waals surface area contributed by atoms with Crippen LogP contribution in [0, 0.1) is 11.7 Å². The van der Waals surface area contributed by atoms with Crippen molar-refractivity contribution in [2.75, 3.05) is 38.3 Å². The van der Waals surface area contributed by atoms with Gasteiger partial charge in [-0.3, -0.25) is 32.5 Å². The van der Waals surface area contributed by atoms with Crippen molar-refractivity contribution >= 4 is 50.3 Å². The average molecular weight is 945 g/mol. The fourth-order valence-corrected chi connectivity index (χ4v) is 8.66. The molecule has 4 aromatic heterocycles. The van der Waals surface area contributed by atoms with E-state index in [1.165, 1.54) is 12.3 Å². The third kappa shape index (κ3) is 10.3. The van der Waals surface area contributed by atoms with E-state index in [1.807, 2.05) is 0 Å². The van der Waals surface area contributed by atoms with Crippen molar-refractivity contribution in [2.24, 2.45) is 5.92 Å². The van der Waals surface area contributed by atoms with Gasteiger partial charge in [0.05, 0.1) is 51.0 Å². The summed E-state index contributed by atoms with van der Waals surface area (Å²) >= 11 is 0. The first kappa shape index (κ1) is 48.3. The van der Waals surface area contributed by atoms with Crippen molar-refractivity contribution in [3.05, 3.63) is 77.9 Å². The Bertz CT molecular complexity index is 2510. The molecule has 10 atom stereocenters. The maximum Gasteiger partial charge on any atom is 0.472 e. The molecule has 0 radical (unpaired) electrons. The second-order valence-electron chi connectivity index (χ2n) is 14.4. The molecule has 348 valence electrons. The van der Waals surface area contributed by atoms with E-state index in [1.54, 1.807) is 0 Å². The topological polar surface area (TPSA) is 392 Å². The van der Waals surface area contributed by atoms with E-state index in [0.717, 1.165) is 53.7 Å². The lowest BCUT2D eigenvalue weighted by Gasteiger charge is -2.44. The first-order chi connectivity index (χ1) is 30.2. The number of aliphatic hydroxyl groups is 2. The van der Waals surface area contributed by atoms with Crippen molar-refractivity contribution in [1.29, 1.82) is 0 Å². The molecule has 2 fully saturated rings. The number of anilines is 2. The highest BCUT2D eigenvalue weighted by atomic mass is 31.2. The monoisotopic (exact) mass is 944 g/mol. The number of nitrogens with zero attached hydrogens (tertiary/aromatic N) is 8. The number of hydrogen-bond donors (Lipinski definition) is 8. The summed E-state index contributed by atoms with van der Waals surface area (Å²) in [7, 11) is -9.70. The van der Waals surface area contributed by atoms with Gasteiger partial charge in [-0.1, -0.05) is 6.08 Å². The normalized spacial score (nSPS) is 25.5. The van der Waals surface area contributed by atoms with Crippen LogP contribution in [0.25, 0.3) is 11.2 Å². The van der Waals surface area contributed by atoms with Gasteiger partial charge in [-0.25, -0.2) is 38.1 Å². The molecule has 6 heterocycles. The quantitative estimate of drug-likeness (QED) is 0.0389. The van der Waals surface area contributed by atoms with Crippen LogP contribution < -0.4 is 17.2 Å². The molecule has 1 amide bonds. The Labute approximate surface area is 359 Å². The predicted molar refractivity (Wildman–Crippen MR) is 211 cm³/mol. The Kier molecular flexibility index (Phi) is 14.7. The van der Waals surface area contributed by atoms with Gasteiger partial charge in [0.15, 0.2) is 29.5 Å². The average Bonchev–Trinajstić information content (AvgIpc) is 3.89. The Hall–Kier alpha value is -5.19. The van der Waals surface area contributed by atoms with Gasteiger partial charge in [0.2, 0.25) is 5.91 Å². The molecule has 64 heavy (non-hydrogen) atoms. The number of carboxylic acid groups (broad SMARTS) is 1. The van der Waals surface area contributed by atoms with Crippen molar-refractivity contribution < 1.29 is 80.9 Å². The number of nitrogen functional groups attached to an aromatic ring is 2. The van der Waals surface area contributed by atoms with Gasteiger partial charge in [-0.2, -0.15) is 4.98 Å². The number of allylic oxidation sites excluding steroid dienone is 1. The van der Waals surface area contributed by atoms with Gasteiger partial charge in [0.25, 0.3) is 0 Å². The van der Waals surface area contributed by atoms with E-state index < -0.39 is 120 Å². The number of likely N-dealkylation sites (N-methyl/N-ethyl adjacent to an activating group) is 1. The number of halogens is 1. The summed E-state index contributed by atoms with van der Waals surface area (Å²) in [5.41, 5.74) is 8.01. The standard InChI is InChI=1S/C34H43FN10O17P2/c1-3-4-5-22(46)43(2)34(32(49)50,14-57-11-17-8-18(35)10-38-9-17)23-19(60-30(25(23)47)45-16-41-24-28(37)39-15-40-29(24)45)12-59-64(55,56)62-27-20(13-58-63(52,53)54)61-31(26(27)48)44-7-6-21(36)42-33(44)51/h3,6-10,15-16,19-20,23,25-27,30-31,47-48H,1,4-5,11-14H2,2H3,(H,49,50)(H,55,56)(H2,36,42,51)(H2,37,39,40)(H2,52,53,54)/t19?,20-,23?,25?,26-,27-,30?,31-,34+/m1/s1. The fraction of sp³-hybridized carbons (Fsp3) is 0.471. The summed E-state index contributed by atoms with van der Waals surface area (Å²) < 4.78 is 74.1. The number of amides is 1.